The normalized spacial score (nSPS) is 12.0. The van der Waals surface area contributed by atoms with Crippen LogP contribution in [0.2, 0.25) is 0 Å². The van der Waals surface area contributed by atoms with Crippen LogP contribution in [0.3, 0.4) is 0 Å². The highest BCUT2D eigenvalue weighted by Gasteiger charge is 2.20. The summed E-state index contributed by atoms with van der Waals surface area (Å²) in [7, 11) is 3.25. The lowest BCUT2D eigenvalue weighted by Gasteiger charge is -2.19. The van der Waals surface area contributed by atoms with E-state index in [2.05, 4.69) is 12.2 Å². The Labute approximate surface area is 159 Å². The lowest BCUT2D eigenvalue weighted by atomic mass is 10.1. The monoisotopic (exact) mass is 366 g/mol. The summed E-state index contributed by atoms with van der Waals surface area (Å²) in [5.41, 5.74) is 4.00. The zero-order valence-electron chi connectivity index (χ0n) is 16.5. The van der Waals surface area contributed by atoms with E-state index in [0.29, 0.717) is 5.75 Å². The van der Waals surface area contributed by atoms with Crippen LogP contribution in [0.1, 0.15) is 31.0 Å². The molecular weight excluding hydrogens is 340 g/mol. The first-order valence-corrected chi connectivity index (χ1v) is 9.12. The zero-order valence-corrected chi connectivity index (χ0v) is 16.5. The molecule has 5 heteroatoms. The van der Waals surface area contributed by atoms with Gasteiger partial charge in [-0.3, -0.25) is 4.79 Å². The van der Waals surface area contributed by atoms with Crippen molar-refractivity contribution in [1.82, 2.24) is 4.57 Å². The summed E-state index contributed by atoms with van der Waals surface area (Å²) < 4.78 is 12.8. The second-order valence-corrected chi connectivity index (χ2v) is 6.61. The van der Waals surface area contributed by atoms with E-state index >= 15 is 0 Å². The van der Waals surface area contributed by atoms with Crippen LogP contribution in [0, 0.1) is 6.92 Å². The molecular formula is C22H26N2O3. The molecule has 0 saturated heterocycles. The van der Waals surface area contributed by atoms with Crippen LogP contribution in [0.15, 0.2) is 42.6 Å². The number of benzene rings is 2. The number of ether oxygens (including phenoxy) is 2. The molecule has 0 spiro atoms. The number of para-hydroxylation sites is 1. The molecule has 0 fully saturated rings. The van der Waals surface area contributed by atoms with Gasteiger partial charge in [-0.1, -0.05) is 25.1 Å². The van der Waals surface area contributed by atoms with Crippen molar-refractivity contribution in [1.29, 1.82) is 0 Å². The Morgan fingerprint density at radius 2 is 1.96 bits per heavy atom. The van der Waals surface area contributed by atoms with Gasteiger partial charge >= 0.3 is 0 Å². The lowest BCUT2D eigenvalue weighted by molar-refractivity contribution is -0.118. The van der Waals surface area contributed by atoms with Crippen LogP contribution in [-0.4, -0.2) is 24.7 Å². The molecule has 5 nitrogen and oxygen atoms in total. The molecule has 3 rings (SSSR count). The summed E-state index contributed by atoms with van der Waals surface area (Å²) in [6.45, 7) is 6.00. The molecule has 27 heavy (non-hydrogen) atoms. The van der Waals surface area contributed by atoms with Crippen molar-refractivity contribution in [2.45, 2.75) is 33.2 Å². The Balaban J connectivity index is 1.96. The lowest BCUT2D eigenvalue weighted by Crippen LogP contribution is -2.24. The number of fused-ring (bicyclic) bond motifs is 1. The van der Waals surface area contributed by atoms with E-state index in [9.17, 15) is 4.79 Å². The van der Waals surface area contributed by atoms with Gasteiger partial charge in [-0.2, -0.15) is 0 Å². The number of aromatic nitrogens is 1. The van der Waals surface area contributed by atoms with Crippen LogP contribution < -0.4 is 14.8 Å². The maximum atomic E-state index is 13.0. The molecule has 1 amide bonds. The number of anilines is 1. The number of aryl methyl sites for hydroxylation is 2. The average Bonchev–Trinajstić information content (AvgIpc) is 3.11. The highest BCUT2D eigenvalue weighted by molar-refractivity contribution is 5.97. The van der Waals surface area contributed by atoms with E-state index in [4.69, 9.17) is 9.47 Å². The van der Waals surface area contributed by atoms with Gasteiger partial charge in [0.05, 0.1) is 19.7 Å². The largest absolute Gasteiger partial charge is 0.497 e. The number of carbonyl (C=O) groups excluding carboxylic acids is 1. The Morgan fingerprint density at radius 3 is 2.63 bits per heavy atom. The summed E-state index contributed by atoms with van der Waals surface area (Å²) in [5, 5.41) is 4.06. The first-order chi connectivity index (χ1) is 13.0. The molecule has 3 aromatic rings. The van der Waals surface area contributed by atoms with Gasteiger partial charge in [0.1, 0.15) is 17.5 Å². The average molecular weight is 366 g/mol. The molecule has 2 aromatic carbocycles. The van der Waals surface area contributed by atoms with Crippen molar-refractivity contribution in [2.24, 2.45) is 0 Å². The molecule has 1 N–H and O–H groups in total. The SMILES string of the molecule is CCc1cccc(C)c1NC(=O)C(C)n1ccc2c(OC)cc(OC)cc21. The number of carbonyl (C=O) groups is 1. The van der Waals surface area contributed by atoms with Crippen molar-refractivity contribution in [3.8, 4) is 11.5 Å². The van der Waals surface area contributed by atoms with Gasteiger partial charge in [0, 0.05) is 29.4 Å². The first kappa shape index (κ1) is 18.8. The maximum Gasteiger partial charge on any atom is 0.247 e. The molecule has 0 radical (unpaired) electrons. The number of methoxy groups -OCH3 is 2. The Morgan fingerprint density at radius 1 is 1.19 bits per heavy atom. The minimum atomic E-state index is -0.386. The predicted octanol–water partition coefficient (Wildman–Crippen LogP) is 4.73. The van der Waals surface area contributed by atoms with E-state index < -0.39 is 0 Å². The van der Waals surface area contributed by atoms with Gasteiger partial charge in [0.25, 0.3) is 0 Å². The van der Waals surface area contributed by atoms with Crippen molar-refractivity contribution in [3.63, 3.8) is 0 Å². The predicted molar refractivity (Wildman–Crippen MR) is 109 cm³/mol. The van der Waals surface area contributed by atoms with Gasteiger partial charge in [0.15, 0.2) is 0 Å². The summed E-state index contributed by atoms with van der Waals surface area (Å²) in [6, 6.07) is 11.4. The van der Waals surface area contributed by atoms with E-state index in [0.717, 1.165) is 39.9 Å². The highest BCUT2D eigenvalue weighted by Crippen LogP contribution is 2.33. The van der Waals surface area contributed by atoms with E-state index in [1.54, 1.807) is 14.2 Å². The third-order valence-electron chi connectivity index (χ3n) is 5.01. The molecule has 1 aromatic heterocycles. The van der Waals surface area contributed by atoms with Gasteiger partial charge in [-0.15, -0.1) is 0 Å². The fourth-order valence-corrected chi connectivity index (χ4v) is 3.38. The molecule has 0 aliphatic rings. The summed E-state index contributed by atoms with van der Waals surface area (Å²) in [5.74, 6) is 1.36. The second kappa shape index (κ2) is 7.74. The molecule has 142 valence electrons. The fourth-order valence-electron chi connectivity index (χ4n) is 3.38. The molecule has 0 saturated carbocycles. The van der Waals surface area contributed by atoms with E-state index in [1.165, 1.54) is 0 Å². The van der Waals surface area contributed by atoms with Crippen molar-refractivity contribution in [2.75, 3.05) is 19.5 Å². The Kier molecular flexibility index (Phi) is 5.40. The van der Waals surface area contributed by atoms with Gasteiger partial charge in [-0.25, -0.2) is 0 Å². The highest BCUT2D eigenvalue weighted by atomic mass is 16.5. The maximum absolute atomic E-state index is 13.0. The number of nitrogens with zero attached hydrogens (tertiary/aromatic N) is 1. The van der Waals surface area contributed by atoms with Gasteiger partial charge in [0.2, 0.25) is 5.91 Å². The minimum Gasteiger partial charge on any atom is -0.497 e. The van der Waals surface area contributed by atoms with Crippen LogP contribution in [0.25, 0.3) is 10.9 Å². The molecule has 0 aliphatic heterocycles. The van der Waals surface area contributed by atoms with E-state index in [1.807, 2.05) is 61.0 Å². The van der Waals surface area contributed by atoms with Crippen LogP contribution >= 0.6 is 0 Å². The number of hydrogen-bond acceptors (Lipinski definition) is 3. The molecule has 1 unspecified atom stereocenters. The number of hydrogen-bond donors (Lipinski definition) is 1. The van der Waals surface area contributed by atoms with Crippen molar-refractivity contribution < 1.29 is 14.3 Å². The molecule has 0 bridgehead atoms. The third kappa shape index (κ3) is 3.50. The smallest absolute Gasteiger partial charge is 0.247 e. The Bertz CT molecular complexity index is 975. The van der Waals surface area contributed by atoms with Gasteiger partial charge in [-0.05, 0) is 37.5 Å². The standard InChI is InChI=1S/C22H26N2O3/c1-6-16-9-7-8-14(2)21(16)23-22(25)15(3)24-11-10-18-19(24)12-17(26-4)13-20(18)27-5/h7-13,15H,6H2,1-5H3,(H,23,25). The minimum absolute atomic E-state index is 0.0571. The Hall–Kier alpha value is -2.95. The van der Waals surface area contributed by atoms with Crippen molar-refractivity contribution >= 4 is 22.5 Å². The summed E-state index contributed by atoms with van der Waals surface area (Å²) in [6.07, 6.45) is 2.78. The quantitative estimate of drug-likeness (QED) is 0.686. The molecule has 0 aliphatic carbocycles. The van der Waals surface area contributed by atoms with Crippen LogP contribution in [-0.2, 0) is 11.2 Å². The summed E-state index contributed by atoms with van der Waals surface area (Å²) in [4.78, 5) is 13.0. The topological polar surface area (TPSA) is 52.5 Å². The molecule has 1 heterocycles. The first-order valence-electron chi connectivity index (χ1n) is 9.12. The molecule has 1 atom stereocenters. The number of amides is 1. The van der Waals surface area contributed by atoms with Crippen LogP contribution in [0.5, 0.6) is 11.5 Å². The summed E-state index contributed by atoms with van der Waals surface area (Å²) >= 11 is 0. The number of nitrogens with one attached hydrogen (secondary N) is 1. The fraction of sp³-hybridized carbons (Fsp3) is 0.318. The van der Waals surface area contributed by atoms with E-state index in [-0.39, 0.29) is 11.9 Å². The number of rotatable bonds is 6. The van der Waals surface area contributed by atoms with Crippen molar-refractivity contribution in [3.05, 3.63) is 53.7 Å². The third-order valence-corrected chi connectivity index (χ3v) is 5.01. The zero-order chi connectivity index (χ0) is 19.6. The van der Waals surface area contributed by atoms with Crippen LogP contribution in [0.4, 0.5) is 5.69 Å². The second-order valence-electron chi connectivity index (χ2n) is 6.61. The van der Waals surface area contributed by atoms with Gasteiger partial charge < -0.3 is 19.4 Å².